The van der Waals surface area contributed by atoms with Crippen LogP contribution in [0.5, 0.6) is 0 Å². The molecule has 0 aromatic heterocycles. The number of hydrogen-bond acceptors (Lipinski definition) is 4. The first-order chi connectivity index (χ1) is 6.54. The number of sulfonamides is 1. The molecule has 0 fully saturated rings. The Morgan fingerprint density at radius 1 is 1.40 bits per heavy atom. The molecule has 0 atom stereocenters. The minimum atomic E-state index is -3.14. The van der Waals surface area contributed by atoms with Crippen molar-refractivity contribution in [1.29, 1.82) is 0 Å². The summed E-state index contributed by atoms with van der Waals surface area (Å²) in [5.74, 6) is 0.0566. The van der Waals surface area contributed by atoms with E-state index < -0.39 is 10.0 Å². The van der Waals surface area contributed by atoms with Crippen molar-refractivity contribution in [3.63, 3.8) is 0 Å². The van der Waals surface area contributed by atoms with Gasteiger partial charge in [0.15, 0.2) is 0 Å². The van der Waals surface area contributed by atoms with E-state index in [1.807, 2.05) is 6.92 Å². The highest BCUT2D eigenvalue weighted by atomic mass is 35.5. The summed E-state index contributed by atoms with van der Waals surface area (Å²) in [5, 5.41) is 2.90. The van der Waals surface area contributed by atoms with Gasteiger partial charge in [0.1, 0.15) is 0 Å². The first-order valence-corrected chi connectivity index (χ1v) is 6.32. The van der Waals surface area contributed by atoms with Crippen LogP contribution in [0.3, 0.4) is 0 Å². The SMILES string of the molecule is CCOCCS(=O)(=O)N(C)CCNC.Cl. The van der Waals surface area contributed by atoms with Gasteiger partial charge in [0.05, 0.1) is 12.4 Å². The van der Waals surface area contributed by atoms with E-state index in [0.29, 0.717) is 19.7 Å². The topological polar surface area (TPSA) is 58.6 Å². The van der Waals surface area contributed by atoms with Gasteiger partial charge < -0.3 is 10.1 Å². The summed E-state index contributed by atoms with van der Waals surface area (Å²) < 4.78 is 29.4. The second kappa shape index (κ2) is 9.35. The Morgan fingerprint density at radius 3 is 2.47 bits per heavy atom. The zero-order valence-corrected chi connectivity index (χ0v) is 11.2. The average molecular weight is 261 g/mol. The van der Waals surface area contributed by atoms with Gasteiger partial charge in [0.2, 0.25) is 10.0 Å². The maximum Gasteiger partial charge on any atom is 0.216 e. The molecule has 0 bridgehead atoms. The van der Waals surface area contributed by atoms with Crippen LogP contribution in [0.4, 0.5) is 0 Å². The number of rotatable bonds is 8. The highest BCUT2D eigenvalue weighted by Crippen LogP contribution is 1.97. The summed E-state index contributed by atoms with van der Waals surface area (Å²) in [6, 6.07) is 0. The highest BCUT2D eigenvalue weighted by molar-refractivity contribution is 7.89. The van der Waals surface area contributed by atoms with E-state index in [1.165, 1.54) is 4.31 Å². The number of ether oxygens (including phenoxy) is 1. The van der Waals surface area contributed by atoms with Crippen LogP contribution in [0.2, 0.25) is 0 Å². The Balaban J connectivity index is 0. The molecular weight excluding hydrogens is 240 g/mol. The maximum absolute atomic E-state index is 11.5. The zero-order valence-electron chi connectivity index (χ0n) is 9.52. The molecule has 0 saturated carbocycles. The largest absolute Gasteiger partial charge is 0.381 e. The summed E-state index contributed by atoms with van der Waals surface area (Å²) in [6.07, 6.45) is 0. The molecule has 0 aliphatic carbocycles. The normalized spacial score (nSPS) is 11.5. The van der Waals surface area contributed by atoms with Crippen molar-refractivity contribution in [2.24, 2.45) is 0 Å². The third-order valence-corrected chi connectivity index (χ3v) is 3.66. The van der Waals surface area contributed by atoms with E-state index in [4.69, 9.17) is 4.74 Å². The van der Waals surface area contributed by atoms with Crippen molar-refractivity contribution in [2.45, 2.75) is 6.92 Å². The van der Waals surface area contributed by atoms with Gasteiger partial charge in [-0.3, -0.25) is 0 Å². The zero-order chi connectivity index (χ0) is 11.0. The first-order valence-electron chi connectivity index (χ1n) is 4.71. The Kier molecular flexibility index (Phi) is 10.9. The fraction of sp³-hybridized carbons (Fsp3) is 1.00. The number of likely N-dealkylation sites (N-methyl/N-ethyl adjacent to an activating group) is 2. The lowest BCUT2D eigenvalue weighted by atomic mass is 10.6. The van der Waals surface area contributed by atoms with Gasteiger partial charge in [-0.15, -0.1) is 12.4 Å². The standard InChI is InChI=1S/C8H20N2O3S.ClH/c1-4-13-7-8-14(11,12)10(3)6-5-9-2;/h9H,4-8H2,1-3H3;1H. The number of nitrogens with one attached hydrogen (secondary N) is 1. The molecule has 1 N–H and O–H groups in total. The Morgan fingerprint density at radius 2 is 2.00 bits per heavy atom. The van der Waals surface area contributed by atoms with Gasteiger partial charge in [-0.2, -0.15) is 0 Å². The van der Waals surface area contributed by atoms with Crippen LogP contribution in [0.15, 0.2) is 0 Å². The van der Waals surface area contributed by atoms with Gasteiger partial charge in [-0.25, -0.2) is 12.7 Å². The van der Waals surface area contributed by atoms with E-state index in [2.05, 4.69) is 5.32 Å². The first kappa shape index (κ1) is 17.5. The Bertz CT molecular complexity index is 234. The van der Waals surface area contributed by atoms with E-state index in [9.17, 15) is 8.42 Å². The van der Waals surface area contributed by atoms with Gasteiger partial charge in [-0.1, -0.05) is 0 Å². The molecule has 0 radical (unpaired) electrons. The third-order valence-electron chi connectivity index (χ3n) is 1.84. The molecule has 0 spiro atoms. The Labute approximate surface area is 98.6 Å². The van der Waals surface area contributed by atoms with E-state index in [1.54, 1.807) is 14.1 Å². The van der Waals surface area contributed by atoms with Crippen molar-refractivity contribution in [3.05, 3.63) is 0 Å². The lowest BCUT2D eigenvalue weighted by Gasteiger charge is -2.16. The van der Waals surface area contributed by atoms with Gasteiger partial charge >= 0.3 is 0 Å². The van der Waals surface area contributed by atoms with Gasteiger partial charge in [0.25, 0.3) is 0 Å². The molecule has 0 rings (SSSR count). The predicted molar refractivity (Wildman–Crippen MR) is 64.1 cm³/mol. The van der Waals surface area contributed by atoms with E-state index in [-0.39, 0.29) is 24.8 Å². The predicted octanol–water partition coefficient (Wildman–Crippen LogP) is -0.0743. The molecule has 15 heavy (non-hydrogen) atoms. The second-order valence-corrected chi connectivity index (χ2v) is 5.13. The molecule has 0 aliphatic heterocycles. The van der Waals surface area contributed by atoms with Crippen LogP contribution in [-0.4, -0.2) is 58.9 Å². The van der Waals surface area contributed by atoms with Gasteiger partial charge in [0, 0.05) is 26.7 Å². The third kappa shape index (κ3) is 7.98. The summed E-state index contributed by atoms with van der Waals surface area (Å²) in [5.41, 5.74) is 0. The molecule has 94 valence electrons. The van der Waals surface area contributed by atoms with Crippen LogP contribution in [0, 0.1) is 0 Å². The minimum Gasteiger partial charge on any atom is -0.381 e. The molecule has 0 heterocycles. The average Bonchev–Trinajstić information content (AvgIpc) is 2.14. The molecule has 0 aromatic carbocycles. The van der Waals surface area contributed by atoms with Crippen LogP contribution < -0.4 is 5.32 Å². The quantitative estimate of drug-likeness (QED) is 0.621. The fourth-order valence-electron chi connectivity index (χ4n) is 0.873. The van der Waals surface area contributed by atoms with Crippen molar-refractivity contribution >= 4 is 22.4 Å². The lowest BCUT2D eigenvalue weighted by Crippen LogP contribution is -2.35. The maximum atomic E-state index is 11.5. The van der Waals surface area contributed by atoms with Crippen molar-refractivity contribution in [1.82, 2.24) is 9.62 Å². The molecule has 0 amide bonds. The van der Waals surface area contributed by atoms with Crippen molar-refractivity contribution in [3.8, 4) is 0 Å². The number of hydrogen-bond donors (Lipinski definition) is 1. The van der Waals surface area contributed by atoms with Gasteiger partial charge in [-0.05, 0) is 14.0 Å². The smallest absolute Gasteiger partial charge is 0.216 e. The molecule has 0 aliphatic rings. The summed E-state index contributed by atoms with van der Waals surface area (Å²) >= 11 is 0. The monoisotopic (exact) mass is 260 g/mol. The summed E-state index contributed by atoms with van der Waals surface area (Å²) in [4.78, 5) is 0. The summed E-state index contributed by atoms with van der Waals surface area (Å²) in [7, 11) is 0.238. The van der Waals surface area contributed by atoms with Crippen LogP contribution in [-0.2, 0) is 14.8 Å². The molecule has 5 nitrogen and oxygen atoms in total. The van der Waals surface area contributed by atoms with E-state index >= 15 is 0 Å². The fourth-order valence-corrected chi connectivity index (χ4v) is 1.88. The number of nitrogens with zero attached hydrogens (tertiary/aromatic N) is 1. The summed E-state index contributed by atoms with van der Waals surface area (Å²) in [6.45, 7) is 3.81. The van der Waals surface area contributed by atoms with Crippen LogP contribution in [0.25, 0.3) is 0 Å². The molecular formula is C8H21ClN2O3S. The minimum absolute atomic E-state index is 0. The highest BCUT2D eigenvalue weighted by Gasteiger charge is 2.16. The Hall–Kier alpha value is 0.120. The van der Waals surface area contributed by atoms with Crippen LogP contribution >= 0.6 is 12.4 Å². The van der Waals surface area contributed by atoms with Crippen molar-refractivity contribution < 1.29 is 13.2 Å². The van der Waals surface area contributed by atoms with Crippen LogP contribution in [0.1, 0.15) is 6.92 Å². The molecule has 0 saturated heterocycles. The molecule has 0 unspecified atom stereocenters. The number of halogens is 1. The van der Waals surface area contributed by atoms with E-state index in [0.717, 1.165) is 0 Å². The molecule has 7 heteroatoms. The lowest BCUT2D eigenvalue weighted by molar-refractivity contribution is 0.162. The van der Waals surface area contributed by atoms with Crippen molar-refractivity contribution in [2.75, 3.05) is 46.2 Å². The molecule has 0 aromatic rings. The second-order valence-electron chi connectivity index (χ2n) is 2.94.